The second-order valence-corrected chi connectivity index (χ2v) is 9.95. The van der Waals surface area contributed by atoms with Crippen molar-refractivity contribution in [2.24, 2.45) is 11.3 Å². The van der Waals surface area contributed by atoms with Gasteiger partial charge in [-0.25, -0.2) is 0 Å². The largest absolute Gasteiger partial charge is 0.497 e. The van der Waals surface area contributed by atoms with Gasteiger partial charge in [0.15, 0.2) is 5.78 Å². The normalized spacial score (nSPS) is 21.1. The number of allylic oxidation sites excluding steroid dienone is 2. The molecule has 1 heterocycles. The molecule has 2 aromatic carbocycles. The van der Waals surface area contributed by atoms with Crippen molar-refractivity contribution in [2.75, 3.05) is 20.8 Å². The molecule has 1 aliphatic heterocycles. The second-order valence-electron chi connectivity index (χ2n) is 9.95. The van der Waals surface area contributed by atoms with Crippen LogP contribution in [0.1, 0.15) is 43.7 Å². The minimum absolute atomic E-state index is 0.0215. The fourth-order valence-corrected chi connectivity index (χ4v) is 5.15. The summed E-state index contributed by atoms with van der Waals surface area (Å²) < 4.78 is 16.9. The lowest BCUT2D eigenvalue weighted by Gasteiger charge is -2.42. The Hall–Kier alpha value is -3.54. The molecule has 4 rings (SSSR count). The molecule has 2 aliphatic rings. The highest BCUT2D eigenvalue weighted by molar-refractivity contribution is 6.01. The molecular weight excluding hydrogens is 442 g/mol. The maximum atomic E-state index is 13.5. The SMILES string of the molecule is C=C1NC2=C(C(=O)CC(C)(C)C2)C(c2cc(OC)ccc2OC)C1C(=O)OCCc1ccccc1. The van der Waals surface area contributed by atoms with Gasteiger partial charge in [0, 0.05) is 41.3 Å². The van der Waals surface area contributed by atoms with Crippen LogP contribution < -0.4 is 14.8 Å². The van der Waals surface area contributed by atoms with Crippen LogP contribution in [0.2, 0.25) is 0 Å². The van der Waals surface area contributed by atoms with Crippen LogP contribution in [0.4, 0.5) is 0 Å². The van der Waals surface area contributed by atoms with Crippen molar-refractivity contribution in [3.05, 3.63) is 83.2 Å². The lowest BCUT2D eigenvalue weighted by molar-refractivity contribution is -0.147. The predicted molar refractivity (Wildman–Crippen MR) is 134 cm³/mol. The van der Waals surface area contributed by atoms with Crippen molar-refractivity contribution in [3.8, 4) is 11.5 Å². The molecular formula is C29H33NO5. The lowest BCUT2D eigenvalue weighted by Crippen LogP contribution is -2.44. The predicted octanol–water partition coefficient (Wildman–Crippen LogP) is 4.95. The number of carbonyl (C=O) groups excluding carboxylic acids is 2. The molecule has 0 saturated carbocycles. The quantitative estimate of drug-likeness (QED) is 0.571. The van der Waals surface area contributed by atoms with Gasteiger partial charge in [-0.15, -0.1) is 0 Å². The van der Waals surface area contributed by atoms with Gasteiger partial charge >= 0.3 is 5.97 Å². The van der Waals surface area contributed by atoms with Crippen LogP contribution >= 0.6 is 0 Å². The number of ketones is 1. The summed E-state index contributed by atoms with van der Waals surface area (Å²) in [5.74, 6) is -0.568. The van der Waals surface area contributed by atoms with E-state index in [-0.39, 0.29) is 17.8 Å². The van der Waals surface area contributed by atoms with Crippen molar-refractivity contribution in [2.45, 2.75) is 39.0 Å². The maximum absolute atomic E-state index is 13.5. The summed E-state index contributed by atoms with van der Waals surface area (Å²) >= 11 is 0. The van der Waals surface area contributed by atoms with Gasteiger partial charge in [-0.2, -0.15) is 0 Å². The monoisotopic (exact) mass is 475 g/mol. The van der Waals surface area contributed by atoms with E-state index in [1.807, 2.05) is 36.4 Å². The number of carbonyl (C=O) groups is 2. The van der Waals surface area contributed by atoms with Gasteiger partial charge in [0.2, 0.25) is 0 Å². The molecule has 0 amide bonds. The zero-order valence-corrected chi connectivity index (χ0v) is 20.9. The van der Waals surface area contributed by atoms with Gasteiger partial charge in [0.25, 0.3) is 0 Å². The van der Waals surface area contributed by atoms with Crippen LogP contribution in [-0.4, -0.2) is 32.6 Å². The van der Waals surface area contributed by atoms with Gasteiger partial charge in [-0.3, -0.25) is 9.59 Å². The van der Waals surface area contributed by atoms with Crippen molar-refractivity contribution < 1.29 is 23.8 Å². The van der Waals surface area contributed by atoms with Gasteiger partial charge < -0.3 is 19.5 Å². The number of rotatable bonds is 7. The third kappa shape index (κ3) is 5.11. The summed E-state index contributed by atoms with van der Waals surface area (Å²) in [5.41, 5.74) is 3.55. The fraction of sp³-hybridized carbons (Fsp3) is 0.379. The Bertz CT molecular complexity index is 1160. The third-order valence-electron chi connectivity index (χ3n) is 6.75. The summed E-state index contributed by atoms with van der Waals surface area (Å²) in [5, 5.41) is 3.30. The van der Waals surface area contributed by atoms with Crippen LogP contribution in [0.3, 0.4) is 0 Å². The standard InChI is InChI=1S/C29H33NO5/c1-18-25(28(32)35-14-13-19-9-7-6-8-10-19)26(21-15-20(33-4)11-12-24(21)34-5)27-22(30-18)16-29(2,3)17-23(27)31/h6-12,15,25-26,30H,1,13-14,16-17H2,2-5H3. The average molecular weight is 476 g/mol. The van der Waals surface area contributed by atoms with Gasteiger partial charge in [0.1, 0.15) is 17.4 Å². The molecule has 6 heteroatoms. The zero-order valence-electron chi connectivity index (χ0n) is 20.9. The molecule has 0 bridgehead atoms. The van der Waals surface area contributed by atoms with Crippen LogP contribution in [0.25, 0.3) is 0 Å². The first-order valence-electron chi connectivity index (χ1n) is 11.9. The number of methoxy groups -OCH3 is 2. The van der Waals surface area contributed by atoms with Crippen molar-refractivity contribution >= 4 is 11.8 Å². The number of Topliss-reactive ketones (excluding diaryl/α,β-unsaturated/α-hetero) is 1. The first kappa shape index (κ1) is 24.6. The van der Waals surface area contributed by atoms with E-state index in [9.17, 15) is 9.59 Å². The molecule has 35 heavy (non-hydrogen) atoms. The molecule has 2 aromatic rings. The van der Waals surface area contributed by atoms with Crippen molar-refractivity contribution in [1.29, 1.82) is 0 Å². The second kappa shape index (κ2) is 9.98. The molecule has 0 spiro atoms. The van der Waals surface area contributed by atoms with Gasteiger partial charge in [0.05, 0.1) is 20.8 Å². The zero-order chi connectivity index (χ0) is 25.2. The van der Waals surface area contributed by atoms with E-state index in [0.717, 1.165) is 11.3 Å². The summed E-state index contributed by atoms with van der Waals surface area (Å²) in [6.45, 7) is 8.58. The Labute approximate surface area is 207 Å². The minimum Gasteiger partial charge on any atom is -0.497 e. The van der Waals surface area contributed by atoms with Crippen LogP contribution in [-0.2, 0) is 20.7 Å². The van der Waals surface area contributed by atoms with Crippen LogP contribution in [0.5, 0.6) is 11.5 Å². The van der Waals surface area contributed by atoms with Gasteiger partial charge in [-0.1, -0.05) is 50.8 Å². The molecule has 0 aromatic heterocycles. The fourth-order valence-electron chi connectivity index (χ4n) is 5.15. The number of benzene rings is 2. The Balaban J connectivity index is 1.74. The molecule has 1 N–H and O–H groups in total. The first-order chi connectivity index (χ1) is 16.7. The summed E-state index contributed by atoms with van der Waals surface area (Å²) in [6, 6.07) is 15.3. The van der Waals surface area contributed by atoms with E-state index >= 15 is 0 Å². The number of hydrogen-bond acceptors (Lipinski definition) is 6. The number of esters is 1. The molecule has 6 nitrogen and oxygen atoms in total. The van der Waals surface area contributed by atoms with Gasteiger partial charge in [-0.05, 0) is 35.6 Å². The van der Waals surface area contributed by atoms with Crippen molar-refractivity contribution in [1.82, 2.24) is 5.32 Å². The number of ether oxygens (including phenoxy) is 3. The molecule has 0 radical (unpaired) electrons. The molecule has 184 valence electrons. The highest BCUT2D eigenvalue weighted by atomic mass is 16.5. The Morgan fingerprint density at radius 2 is 1.83 bits per heavy atom. The van der Waals surface area contributed by atoms with Crippen LogP contribution in [0, 0.1) is 11.3 Å². The maximum Gasteiger partial charge on any atom is 0.315 e. The van der Waals surface area contributed by atoms with E-state index in [4.69, 9.17) is 14.2 Å². The third-order valence-corrected chi connectivity index (χ3v) is 6.75. The average Bonchev–Trinajstić information content (AvgIpc) is 2.82. The summed E-state index contributed by atoms with van der Waals surface area (Å²) in [4.78, 5) is 27.0. The van der Waals surface area contributed by atoms with E-state index < -0.39 is 17.8 Å². The van der Waals surface area contributed by atoms with Crippen LogP contribution in [0.15, 0.2) is 72.1 Å². The van der Waals surface area contributed by atoms with E-state index in [0.29, 0.717) is 47.6 Å². The Morgan fingerprint density at radius 3 is 2.51 bits per heavy atom. The summed E-state index contributed by atoms with van der Waals surface area (Å²) in [6.07, 6.45) is 1.69. The Kier molecular flexibility index (Phi) is 7.01. The number of nitrogens with one attached hydrogen (secondary N) is 1. The number of hydrogen-bond donors (Lipinski definition) is 1. The minimum atomic E-state index is -0.782. The molecule has 0 fully saturated rings. The molecule has 2 atom stereocenters. The molecule has 0 saturated heterocycles. The van der Waals surface area contributed by atoms with E-state index in [2.05, 4.69) is 25.7 Å². The van der Waals surface area contributed by atoms with Crippen molar-refractivity contribution in [3.63, 3.8) is 0 Å². The Morgan fingerprint density at radius 1 is 1.09 bits per heavy atom. The summed E-state index contributed by atoms with van der Waals surface area (Å²) in [7, 11) is 3.16. The topological polar surface area (TPSA) is 73.9 Å². The highest BCUT2D eigenvalue weighted by Gasteiger charge is 2.47. The smallest absolute Gasteiger partial charge is 0.315 e. The van der Waals surface area contributed by atoms with E-state index in [1.165, 1.54) is 0 Å². The first-order valence-corrected chi connectivity index (χ1v) is 11.9. The molecule has 2 unspecified atom stereocenters. The lowest BCUT2D eigenvalue weighted by atomic mass is 9.66. The highest BCUT2D eigenvalue weighted by Crippen LogP contribution is 2.50. The molecule has 1 aliphatic carbocycles. The van der Waals surface area contributed by atoms with E-state index in [1.54, 1.807) is 26.4 Å².